The number of imidazole rings is 1. The molecule has 0 unspecified atom stereocenters. The number of para-hydroxylation sites is 2. The third-order valence-corrected chi connectivity index (χ3v) is 2.83. The van der Waals surface area contributed by atoms with Crippen LogP contribution in [0.3, 0.4) is 0 Å². The zero-order chi connectivity index (χ0) is 12.8. The highest BCUT2D eigenvalue weighted by molar-refractivity contribution is 5.56. The Bertz CT molecular complexity index is 493. The van der Waals surface area contributed by atoms with Gasteiger partial charge in [0.25, 0.3) is 0 Å². The van der Waals surface area contributed by atoms with E-state index in [2.05, 4.69) is 21.8 Å². The first-order valence-electron chi connectivity index (χ1n) is 6.21. The van der Waals surface area contributed by atoms with Gasteiger partial charge in [0.2, 0.25) is 0 Å². The van der Waals surface area contributed by atoms with E-state index in [1.807, 2.05) is 36.8 Å². The second-order valence-electron chi connectivity index (χ2n) is 4.13. The highest BCUT2D eigenvalue weighted by Gasteiger charge is 2.04. The lowest BCUT2D eigenvalue weighted by molar-refractivity contribution is 0.416. The molecule has 0 aliphatic carbocycles. The zero-order valence-electron chi connectivity index (χ0n) is 10.9. The molecule has 0 spiro atoms. The molecule has 1 aromatic carbocycles. The van der Waals surface area contributed by atoms with Gasteiger partial charge in [-0.2, -0.15) is 0 Å². The summed E-state index contributed by atoms with van der Waals surface area (Å²) in [6, 6.07) is 7.92. The van der Waals surface area contributed by atoms with Gasteiger partial charge in [-0.05, 0) is 18.6 Å². The number of rotatable bonds is 6. The van der Waals surface area contributed by atoms with Crippen LogP contribution in [0.2, 0.25) is 0 Å². The number of nitrogens with one attached hydrogen (secondary N) is 1. The number of hydrogen-bond donors (Lipinski definition) is 1. The zero-order valence-corrected chi connectivity index (χ0v) is 10.9. The third-order valence-electron chi connectivity index (χ3n) is 2.83. The lowest BCUT2D eigenvalue weighted by Gasteiger charge is -2.12. The van der Waals surface area contributed by atoms with Crippen molar-refractivity contribution in [1.29, 1.82) is 0 Å². The Hall–Kier alpha value is -1.97. The van der Waals surface area contributed by atoms with Crippen molar-refractivity contribution in [2.45, 2.75) is 26.4 Å². The van der Waals surface area contributed by atoms with Crippen LogP contribution in [0.5, 0.6) is 5.75 Å². The minimum Gasteiger partial charge on any atom is -0.495 e. The number of hydrogen-bond acceptors (Lipinski definition) is 3. The molecular formula is C14H19N3O. The Morgan fingerprint density at radius 3 is 2.94 bits per heavy atom. The summed E-state index contributed by atoms with van der Waals surface area (Å²) in [6.45, 7) is 3.92. The summed E-state index contributed by atoms with van der Waals surface area (Å²) in [6.07, 6.45) is 4.89. The van der Waals surface area contributed by atoms with Crippen molar-refractivity contribution in [1.82, 2.24) is 9.55 Å². The molecule has 0 atom stereocenters. The molecule has 4 heteroatoms. The van der Waals surface area contributed by atoms with Crippen LogP contribution in [0.25, 0.3) is 0 Å². The van der Waals surface area contributed by atoms with Gasteiger partial charge in [-0.15, -0.1) is 0 Å². The van der Waals surface area contributed by atoms with Crippen molar-refractivity contribution in [3.05, 3.63) is 42.5 Å². The monoisotopic (exact) mass is 245 g/mol. The lowest BCUT2D eigenvalue weighted by Crippen LogP contribution is -2.07. The highest BCUT2D eigenvalue weighted by atomic mass is 16.5. The van der Waals surface area contributed by atoms with Crippen LogP contribution in [0.15, 0.2) is 36.8 Å². The summed E-state index contributed by atoms with van der Waals surface area (Å²) < 4.78 is 7.48. The van der Waals surface area contributed by atoms with Crippen LogP contribution in [0.4, 0.5) is 5.69 Å². The maximum absolute atomic E-state index is 5.31. The van der Waals surface area contributed by atoms with Crippen molar-refractivity contribution < 1.29 is 4.74 Å². The fourth-order valence-electron chi connectivity index (χ4n) is 1.91. The van der Waals surface area contributed by atoms with E-state index in [4.69, 9.17) is 4.74 Å². The number of aryl methyl sites for hydroxylation is 1. The molecule has 0 saturated carbocycles. The van der Waals surface area contributed by atoms with E-state index in [-0.39, 0.29) is 0 Å². The average molecular weight is 245 g/mol. The van der Waals surface area contributed by atoms with Crippen LogP contribution in [-0.2, 0) is 13.1 Å². The molecule has 18 heavy (non-hydrogen) atoms. The van der Waals surface area contributed by atoms with Crippen molar-refractivity contribution in [2.24, 2.45) is 0 Å². The van der Waals surface area contributed by atoms with Crippen molar-refractivity contribution in [2.75, 3.05) is 12.4 Å². The Labute approximate surface area is 108 Å². The molecule has 0 saturated heterocycles. The van der Waals surface area contributed by atoms with Gasteiger partial charge in [0.15, 0.2) is 0 Å². The lowest BCUT2D eigenvalue weighted by atomic mass is 10.3. The van der Waals surface area contributed by atoms with Gasteiger partial charge in [0.1, 0.15) is 5.75 Å². The second-order valence-corrected chi connectivity index (χ2v) is 4.13. The van der Waals surface area contributed by atoms with E-state index < -0.39 is 0 Å². The molecule has 2 rings (SSSR count). The van der Waals surface area contributed by atoms with Gasteiger partial charge in [-0.25, -0.2) is 4.98 Å². The molecule has 1 N–H and O–H groups in total. The van der Waals surface area contributed by atoms with Crippen LogP contribution >= 0.6 is 0 Å². The Morgan fingerprint density at radius 1 is 1.33 bits per heavy atom. The number of nitrogens with zero attached hydrogens (tertiary/aromatic N) is 2. The Balaban J connectivity index is 2.04. The van der Waals surface area contributed by atoms with Crippen LogP contribution in [0, 0.1) is 0 Å². The number of anilines is 1. The van der Waals surface area contributed by atoms with Crippen LogP contribution in [-0.4, -0.2) is 16.7 Å². The predicted molar refractivity (Wildman–Crippen MR) is 72.8 cm³/mol. The minimum atomic E-state index is 0.750. The van der Waals surface area contributed by atoms with Crippen LogP contribution < -0.4 is 10.1 Å². The van der Waals surface area contributed by atoms with Crippen molar-refractivity contribution >= 4 is 5.69 Å². The van der Waals surface area contributed by atoms with E-state index >= 15 is 0 Å². The largest absolute Gasteiger partial charge is 0.495 e. The summed E-state index contributed by atoms with van der Waals surface area (Å²) in [7, 11) is 1.68. The standard InChI is InChI=1S/C14H19N3O/c1-3-8-17-11-15-9-12(17)10-16-13-6-4-5-7-14(13)18-2/h4-7,9,11,16H,3,8,10H2,1-2H3. The number of methoxy groups -OCH3 is 1. The Kier molecular flexibility index (Phi) is 4.23. The molecular weight excluding hydrogens is 226 g/mol. The Morgan fingerprint density at radius 2 is 2.17 bits per heavy atom. The van der Waals surface area contributed by atoms with Gasteiger partial charge in [0, 0.05) is 12.7 Å². The first-order chi connectivity index (χ1) is 8.85. The van der Waals surface area contributed by atoms with E-state index in [0.29, 0.717) is 0 Å². The van der Waals surface area contributed by atoms with Gasteiger partial charge < -0.3 is 14.6 Å². The number of aromatic nitrogens is 2. The van der Waals surface area contributed by atoms with Gasteiger partial charge in [0.05, 0.1) is 31.4 Å². The maximum Gasteiger partial charge on any atom is 0.141 e. The quantitative estimate of drug-likeness (QED) is 0.850. The van der Waals surface area contributed by atoms with Gasteiger partial charge >= 0.3 is 0 Å². The average Bonchev–Trinajstić information content (AvgIpc) is 2.84. The molecule has 0 amide bonds. The fourth-order valence-corrected chi connectivity index (χ4v) is 1.91. The maximum atomic E-state index is 5.31. The molecule has 2 aromatic rings. The molecule has 1 heterocycles. The molecule has 1 aromatic heterocycles. The topological polar surface area (TPSA) is 39.1 Å². The minimum absolute atomic E-state index is 0.750. The summed E-state index contributed by atoms with van der Waals surface area (Å²) in [5.41, 5.74) is 2.19. The predicted octanol–water partition coefficient (Wildman–Crippen LogP) is 2.91. The normalized spacial score (nSPS) is 10.3. The highest BCUT2D eigenvalue weighted by Crippen LogP contribution is 2.23. The van der Waals surface area contributed by atoms with Crippen LogP contribution in [0.1, 0.15) is 19.0 Å². The summed E-state index contributed by atoms with van der Waals surface area (Å²) in [5, 5.41) is 3.38. The second kappa shape index (κ2) is 6.10. The van der Waals surface area contributed by atoms with E-state index in [9.17, 15) is 0 Å². The number of benzene rings is 1. The van der Waals surface area contributed by atoms with E-state index in [1.165, 1.54) is 5.69 Å². The van der Waals surface area contributed by atoms with Gasteiger partial charge in [-0.3, -0.25) is 0 Å². The van der Waals surface area contributed by atoms with Crippen molar-refractivity contribution in [3.8, 4) is 5.75 Å². The molecule has 0 aliphatic heterocycles. The SMILES string of the molecule is CCCn1cncc1CNc1ccccc1OC. The molecule has 96 valence electrons. The third kappa shape index (κ3) is 2.83. The summed E-state index contributed by atoms with van der Waals surface area (Å²) in [5.74, 6) is 0.860. The first kappa shape index (κ1) is 12.5. The number of ether oxygens (including phenoxy) is 1. The molecule has 0 radical (unpaired) electrons. The molecule has 0 bridgehead atoms. The fraction of sp³-hybridized carbons (Fsp3) is 0.357. The molecule has 0 fully saturated rings. The van der Waals surface area contributed by atoms with Crippen molar-refractivity contribution in [3.63, 3.8) is 0 Å². The first-order valence-corrected chi connectivity index (χ1v) is 6.21. The van der Waals surface area contributed by atoms with E-state index in [1.54, 1.807) is 7.11 Å². The summed E-state index contributed by atoms with van der Waals surface area (Å²) >= 11 is 0. The smallest absolute Gasteiger partial charge is 0.141 e. The molecule has 0 aliphatic rings. The molecule has 4 nitrogen and oxygen atoms in total. The summed E-state index contributed by atoms with van der Waals surface area (Å²) in [4.78, 5) is 4.19. The van der Waals surface area contributed by atoms with E-state index in [0.717, 1.165) is 30.9 Å². The van der Waals surface area contributed by atoms with Gasteiger partial charge in [-0.1, -0.05) is 19.1 Å².